The molecule has 2 rings (SSSR count). The molecule has 1 heterocycles. The first-order valence-corrected chi connectivity index (χ1v) is 6.61. The number of rotatable bonds is 2. The normalized spacial score (nSPS) is 23.8. The number of hydrogen-bond acceptors (Lipinski definition) is 3. The summed E-state index contributed by atoms with van der Waals surface area (Å²) < 4.78 is 5.68. The van der Waals surface area contributed by atoms with E-state index < -0.39 is 0 Å². The van der Waals surface area contributed by atoms with Crippen molar-refractivity contribution in [2.45, 2.75) is 32.4 Å². The lowest BCUT2D eigenvalue weighted by molar-refractivity contribution is 0.0299. The van der Waals surface area contributed by atoms with E-state index in [4.69, 9.17) is 16.3 Å². The number of nitriles is 1. The Labute approximate surface area is 113 Å². The van der Waals surface area contributed by atoms with Crippen molar-refractivity contribution >= 4 is 17.3 Å². The van der Waals surface area contributed by atoms with Crippen LogP contribution in [0.5, 0.6) is 0 Å². The quantitative estimate of drug-likeness (QED) is 0.823. The highest BCUT2D eigenvalue weighted by molar-refractivity contribution is 6.30. The van der Waals surface area contributed by atoms with Gasteiger partial charge in [0.25, 0.3) is 0 Å². The third-order valence-electron chi connectivity index (χ3n) is 3.33. The zero-order valence-electron chi connectivity index (χ0n) is 10.7. The first-order valence-electron chi connectivity index (χ1n) is 6.23. The summed E-state index contributed by atoms with van der Waals surface area (Å²) in [5, 5.41) is 9.88. The van der Waals surface area contributed by atoms with Crippen molar-refractivity contribution in [3.63, 3.8) is 0 Å². The Kier molecular flexibility index (Phi) is 4.11. The molecule has 0 N–H and O–H groups in total. The number of nitrogens with zero attached hydrogens (tertiary/aromatic N) is 2. The molecule has 2 atom stereocenters. The first kappa shape index (κ1) is 13.2. The average molecular weight is 265 g/mol. The highest BCUT2D eigenvalue weighted by atomic mass is 35.5. The van der Waals surface area contributed by atoms with E-state index in [2.05, 4.69) is 24.8 Å². The number of hydrogen-bond donors (Lipinski definition) is 0. The maximum absolute atomic E-state index is 9.21. The molecular weight excluding hydrogens is 248 g/mol. The van der Waals surface area contributed by atoms with Gasteiger partial charge in [-0.05, 0) is 31.5 Å². The molecule has 0 aliphatic carbocycles. The van der Waals surface area contributed by atoms with Gasteiger partial charge in [-0.3, -0.25) is 0 Å². The number of anilines is 1. The van der Waals surface area contributed by atoms with E-state index >= 15 is 0 Å². The lowest BCUT2D eigenvalue weighted by atomic mass is 10.1. The van der Waals surface area contributed by atoms with Crippen molar-refractivity contribution in [2.24, 2.45) is 0 Å². The van der Waals surface area contributed by atoms with Gasteiger partial charge < -0.3 is 9.64 Å². The van der Waals surface area contributed by atoms with Crippen LogP contribution in [0.2, 0.25) is 5.02 Å². The van der Waals surface area contributed by atoms with Crippen LogP contribution in [0.15, 0.2) is 18.2 Å². The molecule has 1 aromatic rings. The Morgan fingerprint density at radius 2 is 2.33 bits per heavy atom. The molecule has 1 fully saturated rings. The van der Waals surface area contributed by atoms with E-state index in [1.54, 1.807) is 12.1 Å². The summed E-state index contributed by atoms with van der Waals surface area (Å²) in [6.07, 6.45) is 1.17. The van der Waals surface area contributed by atoms with E-state index in [9.17, 15) is 5.26 Å². The first-order chi connectivity index (χ1) is 8.65. The summed E-state index contributed by atoms with van der Waals surface area (Å²) in [6, 6.07) is 7.97. The van der Waals surface area contributed by atoms with Crippen molar-refractivity contribution < 1.29 is 4.74 Å². The summed E-state index contributed by atoms with van der Waals surface area (Å²) in [6.45, 7) is 5.69. The van der Waals surface area contributed by atoms with Crippen molar-refractivity contribution in [3.05, 3.63) is 28.8 Å². The minimum absolute atomic E-state index is 0.179. The van der Waals surface area contributed by atoms with Crippen LogP contribution in [-0.2, 0) is 4.74 Å². The van der Waals surface area contributed by atoms with E-state index in [0.717, 1.165) is 18.7 Å². The standard InChI is InChI=1S/C14H17ClN2O/c1-3-13-9-18-10(2)8-17(13)14-6-12(15)5-4-11(14)7-16/h4-6,10,13H,3,8-9H2,1-2H3. The van der Waals surface area contributed by atoms with Gasteiger partial charge in [0.2, 0.25) is 0 Å². The van der Waals surface area contributed by atoms with Crippen LogP contribution >= 0.6 is 11.6 Å². The second kappa shape index (κ2) is 5.60. The van der Waals surface area contributed by atoms with Gasteiger partial charge >= 0.3 is 0 Å². The maximum atomic E-state index is 9.21. The molecule has 96 valence electrons. The molecule has 18 heavy (non-hydrogen) atoms. The highest BCUT2D eigenvalue weighted by Gasteiger charge is 2.27. The van der Waals surface area contributed by atoms with Crippen LogP contribution in [0.1, 0.15) is 25.8 Å². The second-order valence-corrected chi connectivity index (χ2v) is 5.07. The Hall–Kier alpha value is -1.24. The van der Waals surface area contributed by atoms with Gasteiger partial charge in [0.05, 0.1) is 30.0 Å². The Morgan fingerprint density at radius 1 is 1.56 bits per heavy atom. The molecule has 4 heteroatoms. The molecular formula is C14H17ClN2O. The fourth-order valence-corrected chi connectivity index (χ4v) is 2.48. The van der Waals surface area contributed by atoms with Gasteiger partial charge in [-0.25, -0.2) is 0 Å². The summed E-state index contributed by atoms with van der Waals surface area (Å²) in [4.78, 5) is 2.25. The topological polar surface area (TPSA) is 36.3 Å². The van der Waals surface area contributed by atoms with E-state index in [0.29, 0.717) is 23.2 Å². The van der Waals surface area contributed by atoms with Crippen molar-refractivity contribution in [3.8, 4) is 6.07 Å². The molecule has 1 saturated heterocycles. The van der Waals surface area contributed by atoms with Crippen LogP contribution in [0.3, 0.4) is 0 Å². The van der Waals surface area contributed by atoms with Crippen LogP contribution in [0.25, 0.3) is 0 Å². The highest BCUT2D eigenvalue weighted by Crippen LogP contribution is 2.29. The summed E-state index contributed by atoms with van der Waals surface area (Å²) >= 11 is 6.05. The summed E-state index contributed by atoms with van der Waals surface area (Å²) in [7, 11) is 0. The molecule has 0 spiro atoms. The molecule has 0 bridgehead atoms. The number of morpholine rings is 1. The third-order valence-corrected chi connectivity index (χ3v) is 3.56. The molecule has 1 aromatic carbocycles. The molecule has 0 radical (unpaired) electrons. The fourth-order valence-electron chi connectivity index (χ4n) is 2.31. The summed E-state index contributed by atoms with van der Waals surface area (Å²) in [5.41, 5.74) is 1.60. The molecule has 1 aliphatic rings. The zero-order valence-corrected chi connectivity index (χ0v) is 11.4. The molecule has 0 saturated carbocycles. The van der Waals surface area contributed by atoms with Gasteiger partial charge in [-0.1, -0.05) is 18.5 Å². The SMILES string of the molecule is CCC1COC(C)CN1c1cc(Cl)ccc1C#N. The van der Waals surface area contributed by atoms with Gasteiger partial charge in [-0.15, -0.1) is 0 Å². The Bertz CT molecular complexity index is 469. The second-order valence-electron chi connectivity index (χ2n) is 4.63. The molecule has 1 aliphatic heterocycles. The third kappa shape index (κ3) is 2.60. The largest absolute Gasteiger partial charge is 0.375 e. The minimum Gasteiger partial charge on any atom is -0.375 e. The fraction of sp³-hybridized carbons (Fsp3) is 0.500. The number of halogens is 1. The number of ether oxygens (including phenoxy) is 1. The van der Waals surface area contributed by atoms with Crippen LogP contribution in [0, 0.1) is 11.3 Å². The number of benzene rings is 1. The predicted molar refractivity (Wildman–Crippen MR) is 73.0 cm³/mol. The monoisotopic (exact) mass is 264 g/mol. The van der Waals surface area contributed by atoms with Crippen molar-refractivity contribution in [2.75, 3.05) is 18.1 Å². The zero-order chi connectivity index (χ0) is 13.1. The van der Waals surface area contributed by atoms with Gasteiger partial charge in [-0.2, -0.15) is 5.26 Å². The lowest BCUT2D eigenvalue weighted by Gasteiger charge is -2.40. The molecule has 0 amide bonds. The van der Waals surface area contributed by atoms with Crippen molar-refractivity contribution in [1.82, 2.24) is 0 Å². The Morgan fingerprint density at radius 3 is 3.00 bits per heavy atom. The van der Waals surface area contributed by atoms with Gasteiger partial charge in [0.1, 0.15) is 6.07 Å². The maximum Gasteiger partial charge on any atom is 0.101 e. The lowest BCUT2D eigenvalue weighted by Crippen LogP contribution is -2.49. The smallest absolute Gasteiger partial charge is 0.101 e. The van der Waals surface area contributed by atoms with Gasteiger partial charge in [0, 0.05) is 11.6 Å². The summed E-state index contributed by atoms with van der Waals surface area (Å²) in [5.74, 6) is 0. The van der Waals surface area contributed by atoms with Crippen LogP contribution < -0.4 is 4.90 Å². The Balaban J connectivity index is 2.38. The predicted octanol–water partition coefficient (Wildman–Crippen LogP) is 3.22. The van der Waals surface area contributed by atoms with Crippen LogP contribution in [0.4, 0.5) is 5.69 Å². The molecule has 3 nitrogen and oxygen atoms in total. The van der Waals surface area contributed by atoms with Crippen molar-refractivity contribution in [1.29, 1.82) is 5.26 Å². The van der Waals surface area contributed by atoms with Gasteiger partial charge in [0.15, 0.2) is 0 Å². The van der Waals surface area contributed by atoms with E-state index in [-0.39, 0.29) is 6.10 Å². The van der Waals surface area contributed by atoms with E-state index in [1.807, 2.05) is 6.07 Å². The molecule has 0 aromatic heterocycles. The van der Waals surface area contributed by atoms with E-state index in [1.165, 1.54) is 0 Å². The average Bonchev–Trinajstić information content (AvgIpc) is 2.38. The van der Waals surface area contributed by atoms with Crippen LogP contribution in [-0.4, -0.2) is 25.3 Å². The molecule has 2 unspecified atom stereocenters. The minimum atomic E-state index is 0.179.